The van der Waals surface area contributed by atoms with Gasteiger partial charge in [-0.1, -0.05) is 18.2 Å². The Hall–Kier alpha value is -1.76. The molecule has 0 aromatic heterocycles. The number of alkyl halides is 3. The summed E-state index contributed by atoms with van der Waals surface area (Å²) in [5.41, 5.74) is 8.32. The average Bonchev–Trinajstić information content (AvgIpc) is 2.16. The Labute approximate surface area is 89.6 Å². The van der Waals surface area contributed by atoms with Gasteiger partial charge in [0.15, 0.2) is 0 Å². The maximum atomic E-state index is 12.5. The second-order valence-electron chi connectivity index (χ2n) is 3.00. The van der Waals surface area contributed by atoms with Gasteiger partial charge in [-0.25, -0.2) is 10.2 Å². The molecule has 0 atom stereocenters. The fourth-order valence-corrected chi connectivity index (χ4v) is 1.18. The minimum atomic E-state index is -4.41. The van der Waals surface area contributed by atoms with Crippen molar-refractivity contribution in [3.63, 3.8) is 0 Å². The maximum absolute atomic E-state index is 12.5. The summed E-state index contributed by atoms with van der Waals surface area (Å²) in [7, 11) is 0. The monoisotopic (exact) mass is 233 g/mol. The molecule has 0 aliphatic rings. The van der Waals surface area contributed by atoms with Crippen LogP contribution in [0.15, 0.2) is 24.3 Å². The molecule has 0 aliphatic heterocycles. The number of halogens is 3. The molecule has 0 spiro atoms. The van der Waals surface area contributed by atoms with Crippen LogP contribution in [-0.2, 0) is 12.7 Å². The Bertz CT molecular complexity index is 379. The average molecular weight is 233 g/mol. The molecule has 4 nitrogen and oxygen atoms in total. The zero-order valence-corrected chi connectivity index (χ0v) is 8.14. The van der Waals surface area contributed by atoms with Gasteiger partial charge in [0.2, 0.25) is 0 Å². The second-order valence-corrected chi connectivity index (χ2v) is 3.00. The minimum Gasteiger partial charge on any atom is -0.351 e. The van der Waals surface area contributed by atoms with Crippen LogP contribution in [-0.4, -0.2) is 6.03 Å². The lowest BCUT2D eigenvalue weighted by atomic mass is 10.1. The van der Waals surface area contributed by atoms with Crippen LogP contribution in [0.3, 0.4) is 0 Å². The van der Waals surface area contributed by atoms with Gasteiger partial charge >= 0.3 is 12.2 Å². The molecule has 0 saturated heterocycles. The molecule has 0 radical (unpaired) electrons. The van der Waals surface area contributed by atoms with E-state index >= 15 is 0 Å². The normalized spacial score (nSPS) is 11.2. The van der Waals surface area contributed by atoms with E-state index in [1.54, 1.807) is 0 Å². The first kappa shape index (κ1) is 12.3. The highest BCUT2D eigenvalue weighted by molar-refractivity contribution is 5.70. The number of benzene rings is 1. The van der Waals surface area contributed by atoms with Gasteiger partial charge in [-0.2, -0.15) is 13.2 Å². The number of hydrazine groups is 1. The Morgan fingerprint density at radius 1 is 1.31 bits per heavy atom. The van der Waals surface area contributed by atoms with Crippen molar-refractivity contribution in [1.29, 1.82) is 0 Å². The van der Waals surface area contributed by atoms with E-state index in [0.717, 1.165) is 6.07 Å². The van der Waals surface area contributed by atoms with Gasteiger partial charge < -0.3 is 5.73 Å². The summed E-state index contributed by atoms with van der Waals surface area (Å²) in [5, 5.41) is 0. The lowest BCUT2D eigenvalue weighted by Gasteiger charge is -2.12. The van der Waals surface area contributed by atoms with Gasteiger partial charge in [-0.05, 0) is 11.6 Å². The Morgan fingerprint density at radius 2 is 1.94 bits per heavy atom. The maximum Gasteiger partial charge on any atom is 0.416 e. The zero-order chi connectivity index (χ0) is 12.2. The van der Waals surface area contributed by atoms with Crippen molar-refractivity contribution >= 4 is 6.03 Å². The summed E-state index contributed by atoms with van der Waals surface area (Å²) in [5.74, 6) is 0. The number of nitrogens with one attached hydrogen (secondary N) is 2. The molecule has 7 heteroatoms. The number of hydrogen-bond acceptors (Lipinski definition) is 2. The van der Waals surface area contributed by atoms with Gasteiger partial charge in [0.1, 0.15) is 0 Å². The van der Waals surface area contributed by atoms with E-state index in [1.807, 2.05) is 5.43 Å². The molecule has 1 aromatic carbocycles. The first-order valence-electron chi connectivity index (χ1n) is 4.34. The topological polar surface area (TPSA) is 67.2 Å². The second kappa shape index (κ2) is 4.84. The number of primary amides is 1. The van der Waals surface area contributed by atoms with Crippen LogP contribution in [0.25, 0.3) is 0 Å². The first-order chi connectivity index (χ1) is 7.41. The highest BCUT2D eigenvalue weighted by Crippen LogP contribution is 2.31. The van der Waals surface area contributed by atoms with Crippen molar-refractivity contribution in [1.82, 2.24) is 10.9 Å². The number of urea groups is 1. The van der Waals surface area contributed by atoms with Gasteiger partial charge in [0.05, 0.1) is 5.56 Å². The largest absolute Gasteiger partial charge is 0.416 e. The summed E-state index contributed by atoms with van der Waals surface area (Å²) in [6, 6.07) is 4.22. The third-order valence-electron chi connectivity index (χ3n) is 1.81. The van der Waals surface area contributed by atoms with Crippen molar-refractivity contribution in [3.8, 4) is 0 Å². The number of carbonyl (C=O) groups is 1. The lowest BCUT2D eigenvalue weighted by molar-refractivity contribution is -0.138. The summed E-state index contributed by atoms with van der Waals surface area (Å²) in [6.07, 6.45) is -4.41. The van der Waals surface area contributed by atoms with E-state index < -0.39 is 17.8 Å². The molecule has 2 amide bonds. The van der Waals surface area contributed by atoms with Crippen LogP contribution >= 0.6 is 0 Å². The van der Waals surface area contributed by atoms with Crippen molar-refractivity contribution in [2.24, 2.45) is 5.73 Å². The van der Waals surface area contributed by atoms with Crippen LogP contribution in [0, 0.1) is 0 Å². The molecule has 0 unspecified atom stereocenters. The van der Waals surface area contributed by atoms with Crippen LogP contribution in [0.4, 0.5) is 18.0 Å². The molecule has 1 rings (SSSR count). The summed E-state index contributed by atoms with van der Waals surface area (Å²) in [6.45, 7) is -0.154. The van der Waals surface area contributed by atoms with Gasteiger partial charge in [0.25, 0.3) is 0 Å². The van der Waals surface area contributed by atoms with Crippen molar-refractivity contribution < 1.29 is 18.0 Å². The summed E-state index contributed by atoms with van der Waals surface area (Å²) >= 11 is 0. The summed E-state index contributed by atoms with van der Waals surface area (Å²) in [4.78, 5) is 10.3. The van der Waals surface area contributed by atoms with Crippen LogP contribution < -0.4 is 16.6 Å². The van der Waals surface area contributed by atoms with Crippen molar-refractivity contribution in [2.75, 3.05) is 0 Å². The molecule has 1 aromatic rings. The quantitative estimate of drug-likeness (QED) is 0.690. The number of rotatable bonds is 3. The fraction of sp³-hybridized carbons (Fsp3) is 0.222. The van der Waals surface area contributed by atoms with E-state index in [9.17, 15) is 18.0 Å². The van der Waals surface area contributed by atoms with E-state index in [1.165, 1.54) is 18.2 Å². The molecule has 0 aliphatic carbocycles. The molecule has 0 saturated carbocycles. The van der Waals surface area contributed by atoms with E-state index in [-0.39, 0.29) is 12.1 Å². The van der Waals surface area contributed by atoms with E-state index in [0.29, 0.717) is 0 Å². The highest BCUT2D eigenvalue weighted by atomic mass is 19.4. The fourth-order valence-electron chi connectivity index (χ4n) is 1.18. The first-order valence-corrected chi connectivity index (χ1v) is 4.34. The molecule has 0 bridgehead atoms. The predicted octanol–water partition coefficient (Wildman–Crippen LogP) is 1.38. The number of carbonyl (C=O) groups excluding carboxylic acids is 1. The van der Waals surface area contributed by atoms with Gasteiger partial charge in [-0.3, -0.25) is 5.43 Å². The SMILES string of the molecule is NC(=O)NNCc1ccccc1C(F)(F)F. The Balaban J connectivity index is 2.76. The smallest absolute Gasteiger partial charge is 0.351 e. The molecule has 88 valence electrons. The predicted molar refractivity (Wildman–Crippen MR) is 51.0 cm³/mol. The van der Waals surface area contributed by atoms with Crippen LogP contribution in [0.5, 0.6) is 0 Å². The van der Waals surface area contributed by atoms with Crippen LogP contribution in [0.1, 0.15) is 11.1 Å². The molecule has 0 fully saturated rings. The third kappa shape index (κ3) is 3.43. The number of nitrogens with two attached hydrogens (primary N) is 1. The van der Waals surface area contributed by atoms with Gasteiger partial charge in [0, 0.05) is 6.54 Å². The Kier molecular flexibility index (Phi) is 3.73. The number of amides is 2. The number of hydrogen-bond donors (Lipinski definition) is 3. The standard InChI is InChI=1S/C9H10F3N3O/c10-9(11,12)7-4-2-1-3-6(7)5-14-15-8(13)16/h1-4,14H,5H2,(H3,13,15,16). The molecular formula is C9H10F3N3O. The van der Waals surface area contributed by atoms with Crippen molar-refractivity contribution in [2.45, 2.75) is 12.7 Å². The molecule has 0 heterocycles. The molecule has 16 heavy (non-hydrogen) atoms. The summed E-state index contributed by atoms with van der Waals surface area (Å²) < 4.78 is 37.5. The minimum absolute atomic E-state index is 0.0313. The van der Waals surface area contributed by atoms with Crippen molar-refractivity contribution in [3.05, 3.63) is 35.4 Å². The lowest BCUT2D eigenvalue weighted by Crippen LogP contribution is -2.40. The van der Waals surface area contributed by atoms with E-state index in [2.05, 4.69) is 5.43 Å². The zero-order valence-electron chi connectivity index (χ0n) is 8.14. The highest BCUT2D eigenvalue weighted by Gasteiger charge is 2.32. The third-order valence-corrected chi connectivity index (χ3v) is 1.81. The molecule has 4 N–H and O–H groups in total. The molecular weight excluding hydrogens is 223 g/mol. The van der Waals surface area contributed by atoms with Crippen LogP contribution in [0.2, 0.25) is 0 Å². The van der Waals surface area contributed by atoms with Gasteiger partial charge in [-0.15, -0.1) is 0 Å². The Morgan fingerprint density at radius 3 is 2.50 bits per heavy atom. The van der Waals surface area contributed by atoms with E-state index in [4.69, 9.17) is 5.73 Å².